The van der Waals surface area contributed by atoms with Gasteiger partial charge in [0.15, 0.2) is 0 Å². The molecule has 1 aliphatic heterocycles. The topological polar surface area (TPSA) is 49.4 Å². The summed E-state index contributed by atoms with van der Waals surface area (Å²) in [5.41, 5.74) is 0. The van der Waals surface area contributed by atoms with Gasteiger partial charge >= 0.3 is 0 Å². The fourth-order valence-electron chi connectivity index (χ4n) is 2.01. The maximum atomic E-state index is 12.1. The highest BCUT2D eigenvalue weighted by molar-refractivity contribution is 7.89. The zero-order chi connectivity index (χ0) is 11.5. The van der Waals surface area contributed by atoms with Gasteiger partial charge in [0.25, 0.3) is 0 Å². The Morgan fingerprint density at radius 2 is 2.20 bits per heavy atom. The van der Waals surface area contributed by atoms with Crippen molar-refractivity contribution < 1.29 is 8.42 Å². The lowest BCUT2D eigenvalue weighted by Crippen LogP contribution is -2.40. The Morgan fingerprint density at radius 1 is 1.53 bits per heavy atom. The van der Waals surface area contributed by atoms with Crippen LogP contribution in [0.25, 0.3) is 0 Å². The van der Waals surface area contributed by atoms with Gasteiger partial charge < -0.3 is 5.32 Å². The largest absolute Gasteiger partial charge is 0.318 e. The first-order valence-electron chi connectivity index (χ1n) is 5.66. The molecule has 1 N–H and O–H groups in total. The standard InChI is InChI=1S/C10H22N2O2S/c1-4-10-5-6-12(8-10)15(13,14)9(2)7-11-3/h9-11H,4-8H2,1-3H3. The molecule has 15 heavy (non-hydrogen) atoms. The lowest BCUT2D eigenvalue weighted by Gasteiger charge is -2.21. The summed E-state index contributed by atoms with van der Waals surface area (Å²) in [6, 6.07) is 0. The Kier molecular flexibility index (Phi) is 4.55. The maximum Gasteiger partial charge on any atom is 0.217 e. The van der Waals surface area contributed by atoms with E-state index in [9.17, 15) is 8.42 Å². The Bertz CT molecular complexity index is 290. The molecule has 0 aromatic carbocycles. The minimum Gasteiger partial charge on any atom is -0.318 e. The van der Waals surface area contributed by atoms with Gasteiger partial charge in [-0.3, -0.25) is 0 Å². The number of hydrogen-bond acceptors (Lipinski definition) is 3. The van der Waals surface area contributed by atoms with Crippen molar-refractivity contribution in [2.24, 2.45) is 5.92 Å². The smallest absolute Gasteiger partial charge is 0.217 e. The third-order valence-electron chi connectivity index (χ3n) is 3.19. The molecule has 0 radical (unpaired) electrons. The predicted octanol–water partition coefficient (Wildman–Crippen LogP) is 0.656. The van der Waals surface area contributed by atoms with Gasteiger partial charge in [0.05, 0.1) is 5.25 Å². The Labute approximate surface area is 93.1 Å². The highest BCUT2D eigenvalue weighted by Crippen LogP contribution is 2.23. The lowest BCUT2D eigenvalue weighted by molar-refractivity contribution is 0.444. The third kappa shape index (κ3) is 2.92. The van der Waals surface area contributed by atoms with E-state index in [-0.39, 0.29) is 5.25 Å². The minimum absolute atomic E-state index is 0.321. The van der Waals surface area contributed by atoms with Gasteiger partial charge in [-0.05, 0) is 26.3 Å². The van der Waals surface area contributed by atoms with Gasteiger partial charge in [0.1, 0.15) is 0 Å². The molecule has 5 heteroatoms. The van der Waals surface area contributed by atoms with Crippen LogP contribution in [0.2, 0.25) is 0 Å². The van der Waals surface area contributed by atoms with Crippen molar-refractivity contribution in [2.75, 3.05) is 26.7 Å². The van der Waals surface area contributed by atoms with Crippen molar-refractivity contribution >= 4 is 10.0 Å². The molecule has 0 amide bonds. The summed E-state index contributed by atoms with van der Waals surface area (Å²) < 4.78 is 25.8. The molecule has 1 rings (SSSR count). The summed E-state index contributed by atoms with van der Waals surface area (Å²) in [7, 11) is -1.29. The molecular formula is C10H22N2O2S. The minimum atomic E-state index is -3.07. The van der Waals surface area contributed by atoms with E-state index in [0.717, 1.165) is 12.8 Å². The van der Waals surface area contributed by atoms with Crippen molar-refractivity contribution in [3.05, 3.63) is 0 Å². The molecule has 2 atom stereocenters. The molecule has 0 bridgehead atoms. The van der Waals surface area contributed by atoms with Gasteiger partial charge in [0, 0.05) is 19.6 Å². The van der Waals surface area contributed by atoms with Crippen LogP contribution >= 0.6 is 0 Å². The lowest BCUT2D eigenvalue weighted by atomic mass is 10.1. The number of sulfonamides is 1. The second kappa shape index (κ2) is 5.27. The number of rotatable bonds is 5. The first-order chi connectivity index (χ1) is 7.02. The maximum absolute atomic E-state index is 12.1. The first kappa shape index (κ1) is 12.9. The molecule has 0 saturated carbocycles. The van der Waals surface area contributed by atoms with Crippen molar-refractivity contribution in [1.82, 2.24) is 9.62 Å². The molecule has 0 aliphatic carbocycles. The normalized spacial score (nSPS) is 25.7. The van der Waals surface area contributed by atoms with Crippen molar-refractivity contribution in [2.45, 2.75) is 31.9 Å². The highest BCUT2D eigenvalue weighted by Gasteiger charge is 2.33. The molecule has 2 unspecified atom stereocenters. The van der Waals surface area contributed by atoms with E-state index < -0.39 is 10.0 Å². The average molecular weight is 234 g/mol. The van der Waals surface area contributed by atoms with Crippen molar-refractivity contribution in [3.8, 4) is 0 Å². The Hall–Kier alpha value is -0.130. The molecule has 1 heterocycles. The summed E-state index contributed by atoms with van der Waals surface area (Å²) in [5.74, 6) is 0.557. The SMILES string of the molecule is CCC1CCN(S(=O)(=O)C(C)CNC)C1. The average Bonchev–Trinajstić information content (AvgIpc) is 2.66. The van der Waals surface area contributed by atoms with Crippen LogP contribution in [0.1, 0.15) is 26.7 Å². The van der Waals surface area contributed by atoms with Gasteiger partial charge in [-0.1, -0.05) is 13.3 Å². The zero-order valence-electron chi connectivity index (χ0n) is 9.86. The van der Waals surface area contributed by atoms with Crippen LogP contribution in [0.5, 0.6) is 0 Å². The summed E-state index contributed by atoms with van der Waals surface area (Å²) in [5, 5.41) is 2.60. The fraction of sp³-hybridized carbons (Fsp3) is 1.00. The first-order valence-corrected chi connectivity index (χ1v) is 7.16. The fourth-order valence-corrected chi connectivity index (χ4v) is 3.67. The molecular weight excluding hydrogens is 212 g/mol. The second-order valence-electron chi connectivity index (χ2n) is 4.33. The Morgan fingerprint density at radius 3 is 2.67 bits per heavy atom. The summed E-state index contributed by atoms with van der Waals surface area (Å²) in [6.07, 6.45) is 2.09. The molecule has 0 aromatic heterocycles. The van der Waals surface area contributed by atoms with E-state index in [0.29, 0.717) is 25.6 Å². The number of hydrogen-bond donors (Lipinski definition) is 1. The molecule has 90 valence electrons. The van der Waals surface area contributed by atoms with Crippen LogP contribution in [0.3, 0.4) is 0 Å². The van der Waals surface area contributed by atoms with Crippen LogP contribution in [0.4, 0.5) is 0 Å². The van der Waals surface area contributed by atoms with Crippen LogP contribution in [0, 0.1) is 5.92 Å². The van der Waals surface area contributed by atoms with E-state index in [2.05, 4.69) is 12.2 Å². The van der Waals surface area contributed by atoms with E-state index >= 15 is 0 Å². The van der Waals surface area contributed by atoms with Crippen LogP contribution < -0.4 is 5.32 Å². The quantitative estimate of drug-likeness (QED) is 0.760. The van der Waals surface area contributed by atoms with E-state index in [1.807, 2.05) is 0 Å². The van der Waals surface area contributed by atoms with Gasteiger partial charge in [-0.2, -0.15) is 0 Å². The summed E-state index contributed by atoms with van der Waals surface area (Å²) in [6.45, 7) is 5.83. The van der Waals surface area contributed by atoms with E-state index in [1.54, 1.807) is 18.3 Å². The van der Waals surface area contributed by atoms with Crippen molar-refractivity contribution in [1.29, 1.82) is 0 Å². The van der Waals surface area contributed by atoms with Crippen LogP contribution in [-0.4, -0.2) is 44.7 Å². The number of nitrogens with zero attached hydrogens (tertiary/aromatic N) is 1. The van der Waals surface area contributed by atoms with Crippen LogP contribution in [-0.2, 0) is 10.0 Å². The molecule has 1 saturated heterocycles. The van der Waals surface area contributed by atoms with Crippen LogP contribution in [0.15, 0.2) is 0 Å². The monoisotopic (exact) mass is 234 g/mol. The van der Waals surface area contributed by atoms with Gasteiger partial charge in [0.2, 0.25) is 10.0 Å². The van der Waals surface area contributed by atoms with Gasteiger partial charge in [-0.25, -0.2) is 12.7 Å². The molecule has 0 spiro atoms. The molecule has 4 nitrogen and oxygen atoms in total. The molecule has 1 fully saturated rings. The number of nitrogens with one attached hydrogen (secondary N) is 1. The summed E-state index contributed by atoms with van der Waals surface area (Å²) in [4.78, 5) is 0. The summed E-state index contributed by atoms with van der Waals surface area (Å²) >= 11 is 0. The molecule has 0 aromatic rings. The Balaban J connectivity index is 2.63. The zero-order valence-corrected chi connectivity index (χ0v) is 10.7. The second-order valence-corrected chi connectivity index (χ2v) is 6.69. The third-order valence-corrected chi connectivity index (χ3v) is 5.42. The van der Waals surface area contributed by atoms with E-state index in [1.165, 1.54) is 0 Å². The predicted molar refractivity (Wildman–Crippen MR) is 62.3 cm³/mol. The van der Waals surface area contributed by atoms with Crippen molar-refractivity contribution in [3.63, 3.8) is 0 Å². The van der Waals surface area contributed by atoms with Gasteiger partial charge in [-0.15, -0.1) is 0 Å². The highest BCUT2D eigenvalue weighted by atomic mass is 32.2. The van der Waals surface area contributed by atoms with E-state index in [4.69, 9.17) is 0 Å². The molecule has 1 aliphatic rings.